The largest absolute Gasteiger partial charge is 0.506 e. The van der Waals surface area contributed by atoms with E-state index in [1.54, 1.807) is 7.05 Å². The van der Waals surface area contributed by atoms with Gasteiger partial charge in [0.25, 0.3) is 0 Å². The zero-order valence-electron chi connectivity index (χ0n) is 7.27. The summed E-state index contributed by atoms with van der Waals surface area (Å²) in [6, 6.07) is 2.84. The smallest absolute Gasteiger partial charge is 0.135 e. The van der Waals surface area contributed by atoms with Crippen LogP contribution in [0.1, 0.15) is 5.56 Å². The molecule has 2 nitrogen and oxygen atoms in total. The minimum absolute atomic E-state index is 0.00440. The first-order chi connectivity index (χ1) is 6.16. The highest BCUT2D eigenvalue weighted by Gasteiger charge is 2.10. The summed E-state index contributed by atoms with van der Waals surface area (Å²) in [5.41, 5.74) is 0.351. The Morgan fingerprint density at radius 2 is 2.23 bits per heavy atom. The lowest BCUT2D eigenvalue weighted by Gasteiger charge is -2.06. The van der Waals surface area contributed by atoms with Gasteiger partial charge in [0, 0.05) is 5.56 Å². The van der Waals surface area contributed by atoms with Crippen LogP contribution >= 0.6 is 15.9 Å². The van der Waals surface area contributed by atoms with E-state index in [0.29, 0.717) is 23.0 Å². The van der Waals surface area contributed by atoms with E-state index in [2.05, 4.69) is 21.2 Å². The Morgan fingerprint density at radius 1 is 1.54 bits per heavy atom. The van der Waals surface area contributed by atoms with Crippen LogP contribution in [0, 0.1) is 5.82 Å². The predicted octanol–water partition coefficient (Wildman–Crippen LogP) is 2.06. The monoisotopic (exact) mass is 247 g/mol. The van der Waals surface area contributed by atoms with Crippen LogP contribution in [0.5, 0.6) is 5.75 Å². The Morgan fingerprint density at radius 3 is 2.85 bits per heavy atom. The maximum atomic E-state index is 13.1. The Hall–Kier alpha value is -0.610. The van der Waals surface area contributed by atoms with E-state index in [1.165, 1.54) is 12.1 Å². The van der Waals surface area contributed by atoms with Gasteiger partial charge in [-0.15, -0.1) is 0 Å². The molecule has 0 aliphatic carbocycles. The molecule has 1 aromatic carbocycles. The lowest BCUT2D eigenvalue weighted by molar-refractivity contribution is 0.454. The molecular formula is C9H11BrFNO. The second-order valence-electron chi connectivity index (χ2n) is 2.71. The van der Waals surface area contributed by atoms with Gasteiger partial charge in [-0.2, -0.15) is 0 Å². The van der Waals surface area contributed by atoms with Gasteiger partial charge in [0.1, 0.15) is 11.6 Å². The number of phenols is 1. The highest BCUT2D eigenvalue weighted by molar-refractivity contribution is 9.10. The van der Waals surface area contributed by atoms with Crippen molar-refractivity contribution >= 4 is 15.9 Å². The van der Waals surface area contributed by atoms with Crippen molar-refractivity contribution in [3.63, 3.8) is 0 Å². The molecule has 0 radical (unpaired) electrons. The van der Waals surface area contributed by atoms with Crippen molar-refractivity contribution in [3.05, 3.63) is 28.0 Å². The van der Waals surface area contributed by atoms with Gasteiger partial charge in [0.05, 0.1) is 4.47 Å². The maximum Gasteiger partial charge on any atom is 0.135 e. The molecular weight excluding hydrogens is 237 g/mol. The van der Waals surface area contributed by atoms with Gasteiger partial charge < -0.3 is 10.4 Å². The summed E-state index contributed by atoms with van der Waals surface area (Å²) in [5, 5.41) is 12.4. The summed E-state index contributed by atoms with van der Waals surface area (Å²) in [6.45, 7) is 0.640. The van der Waals surface area contributed by atoms with Crippen LogP contribution in [0.4, 0.5) is 4.39 Å². The molecule has 0 aliphatic rings. The Labute approximate surface area is 84.9 Å². The molecule has 0 aliphatic heterocycles. The summed E-state index contributed by atoms with van der Waals surface area (Å²) >= 11 is 3.14. The number of halogens is 2. The molecule has 0 fully saturated rings. The minimum atomic E-state index is -0.365. The molecule has 0 saturated heterocycles. The van der Waals surface area contributed by atoms with Gasteiger partial charge in [-0.25, -0.2) is 4.39 Å². The van der Waals surface area contributed by atoms with Crippen molar-refractivity contribution in [2.24, 2.45) is 0 Å². The molecule has 1 rings (SSSR count). The number of nitrogens with one attached hydrogen (secondary N) is 1. The van der Waals surface area contributed by atoms with E-state index >= 15 is 0 Å². The van der Waals surface area contributed by atoms with E-state index in [1.807, 2.05) is 0 Å². The van der Waals surface area contributed by atoms with Gasteiger partial charge >= 0.3 is 0 Å². The number of phenolic OH excluding ortho intramolecular Hbond substituents is 1. The molecule has 2 N–H and O–H groups in total. The lowest BCUT2D eigenvalue weighted by Crippen LogP contribution is -2.11. The highest BCUT2D eigenvalue weighted by Crippen LogP contribution is 2.29. The predicted molar refractivity (Wildman–Crippen MR) is 53.4 cm³/mol. The molecule has 0 unspecified atom stereocenters. The molecule has 0 heterocycles. The number of hydrogen-bond donors (Lipinski definition) is 2. The third kappa shape index (κ3) is 2.42. The zero-order chi connectivity index (χ0) is 9.84. The molecule has 4 heteroatoms. The molecule has 1 aromatic rings. The van der Waals surface area contributed by atoms with Crippen molar-refractivity contribution < 1.29 is 9.50 Å². The normalized spacial score (nSPS) is 10.4. The summed E-state index contributed by atoms with van der Waals surface area (Å²) in [7, 11) is 1.78. The van der Waals surface area contributed by atoms with E-state index < -0.39 is 0 Å². The Bertz CT molecular complexity index is 304. The third-order valence-electron chi connectivity index (χ3n) is 1.80. The number of aromatic hydroxyl groups is 1. The molecule has 0 amide bonds. The number of likely N-dealkylation sites (N-methyl/N-ethyl adjacent to an activating group) is 1. The van der Waals surface area contributed by atoms with Gasteiger partial charge in [-0.3, -0.25) is 0 Å². The average molecular weight is 248 g/mol. The summed E-state index contributed by atoms with van der Waals surface area (Å²) in [4.78, 5) is 0. The topological polar surface area (TPSA) is 32.3 Å². The van der Waals surface area contributed by atoms with Crippen LogP contribution in [-0.2, 0) is 6.42 Å². The molecule has 0 aromatic heterocycles. The van der Waals surface area contributed by atoms with Crippen molar-refractivity contribution in [1.82, 2.24) is 5.32 Å². The fraction of sp³-hybridized carbons (Fsp3) is 0.333. The second kappa shape index (κ2) is 4.58. The fourth-order valence-corrected chi connectivity index (χ4v) is 1.44. The standard InChI is InChI=1S/C9H11BrFNO/c1-12-5-4-6-8(11)3-2-7(10)9(6)13/h2-3,12-13H,4-5H2,1H3. The molecule has 0 saturated carbocycles. The van der Waals surface area contributed by atoms with E-state index in [9.17, 15) is 9.50 Å². The van der Waals surface area contributed by atoms with Gasteiger partial charge in [-0.1, -0.05) is 0 Å². The quantitative estimate of drug-likeness (QED) is 0.858. The highest BCUT2D eigenvalue weighted by atomic mass is 79.9. The van der Waals surface area contributed by atoms with Gasteiger partial charge in [-0.05, 0) is 48.1 Å². The second-order valence-corrected chi connectivity index (χ2v) is 3.56. The Balaban J connectivity index is 2.96. The molecule has 72 valence electrons. The van der Waals surface area contributed by atoms with Gasteiger partial charge in [0.15, 0.2) is 0 Å². The van der Waals surface area contributed by atoms with Crippen LogP contribution in [0.2, 0.25) is 0 Å². The van der Waals surface area contributed by atoms with Crippen molar-refractivity contribution in [1.29, 1.82) is 0 Å². The minimum Gasteiger partial charge on any atom is -0.506 e. The number of benzene rings is 1. The number of rotatable bonds is 3. The third-order valence-corrected chi connectivity index (χ3v) is 2.44. The van der Waals surface area contributed by atoms with Crippen molar-refractivity contribution in [3.8, 4) is 5.75 Å². The van der Waals surface area contributed by atoms with Crippen LogP contribution in [-0.4, -0.2) is 18.7 Å². The first-order valence-corrected chi connectivity index (χ1v) is 4.76. The molecule has 13 heavy (non-hydrogen) atoms. The first-order valence-electron chi connectivity index (χ1n) is 3.97. The molecule has 0 bridgehead atoms. The van der Waals surface area contributed by atoms with E-state index in [-0.39, 0.29) is 11.6 Å². The van der Waals surface area contributed by atoms with Crippen molar-refractivity contribution in [2.75, 3.05) is 13.6 Å². The van der Waals surface area contributed by atoms with Crippen LogP contribution in [0.3, 0.4) is 0 Å². The lowest BCUT2D eigenvalue weighted by atomic mass is 10.1. The maximum absolute atomic E-state index is 13.1. The van der Waals surface area contributed by atoms with Crippen molar-refractivity contribution in [2.45, 2.75) is 6.42 Å². The summed E-state index contributed by atoms with van der Waals surface area (Å²) < 4.78 is 13.7. The van der Waals surface area contributed by atoms with E-state index in [0.717, 1.165) is 0 Å². The average Bonchev–Trinajstić information content (AvgIpc) is 2.12. The molecule has 0 spiro atoms. The first kappa shape index (κ1) is 10.5. The summed E-state index contributed by atoms with van der Waals surface area (Å²) in [6.07, 6.45) is 0.480. The Kier molecular flexibility index (Phi) is 3.69. The van der Waals surface area contributed by atoms with E-state index in [4.69, 9.17) is 0 Å². The summed E-state index contributed by atoms with van der Waals surface area (Å²) in [5.74, 6) is -0.369. The molecule has 0 atom stereocenters. The van der Waals surface area contributed by atoms with Crippen LogP contribution < -0.4 is 5.32 Å². The zero-order valence-corrected chi connectivity index (χ0v) is 8.86. The van der Waals surface area contributed by atoms with Gasteiger partial charge in [0.2, 0.25) is 0 Å². The van der Waals surface area contributed by atoms with Crippen LogP contribution in [0.15, 0.2) is 16.6 Å². The van der Waals surface area contributed by atoms with Crippen LogP contribution in [0.25, 0.3) is 0 Å². The number of hydrogen-bond acceptors (Lipinski definition) is 2. The fourth-order valence-electron chi connectivity index (χ4n) is 1.07. The SMILES string of the molecule is CNCCc1c(F)ccc(Br)c1O.